The van der Waals surface area contributed by atoms with E-state index >= 15 is 0 Å². The molecule has 526 valence electrons. The Hall–Kier alpha value is -8.63. The van der Waals surface area contributed by atoms with Crippen LogP contribution in [0.3, 0.4) is 0 Å². The van der Waals surface area contributed by atoms with Crippen molar-refractivity contribution in [3.05, 3.63) is 90.1 Å². The van der Waals surface area contributed by atoms with Gasteiger partial charge in [0.15, 0.2) is 0 Å². The first-order valence-electron chi connectivity index (χ1n) is 31.8. The van der Waals surface area contributed by atoms with E-state index in [9.17, 15) is 67.7 Å². The summed E-state index contributed by atoms with van der Waals surface area (Å²) in [5.74, 6) is -11.2. The fourth-order valence-corrected chi connectivity index (χ4v) is 11.1. The summed E-state index contributed by atoms with van der Waals surface area (Å²) in [5, 5.41) is 47.2. The summed E-state index contributed by atoms with van der Waals surface area (Å²) in [4.78, 5) is 177. The lowest BCUT2D eigenvalue weighted by atomic mass is 9.99. The number of carbonyl (C=O) groups excluding carboxylic acids is 12. The molecule has 33 heteroatoms. The summed E-state index contributed by atoms with van der Waals surface area (Å²) >= 11 is 8.43. The maximum atomic E-state index is 14.6. The standard InChI is InChI=1S/C63H93N17O14S2/c1-33(2)22-43(57(88)79-52(35(5)82)63(94)75-45(24-37-26-68-41-17-10-9-16-39(37)41)58(89)78-51(34(3)4)62(93)77-48(31-96)59(90)71-42(53(66)84)18-11-12-20-64)74-61(92)49-19-13-21-80(49)50(83)28-69-55(86)44(23-36-14-7-6-8-15-36)72-56(87)46(25-38-27-67-32-70-38)73-60(91)47(30-95)76-54(85)40(65)29-81/h6-10,14-17,26-27,32-35,40,42-49,51-52,68,81-82,95-96H,11-13,18-25,28-31,64-65H2,1-5H3,(H2,66,84)(H,67,70)(H,69,86)(H,71,90)(H,72,87)(H,73,91)(H,74,92)(H,75,94)(H,76,85)(H,77,93)(H,78,89)(H,79,88)/t35-,40+,42+,43+,44+,45+,46+,47+,48+,49+,51+,52+/m1/s1. The number of para-hydroxylation sites is 1. The summed E-state index contributed by atoms with van der Waals surface area (Å²) in [6.07, 6.45) is 4.18. The summed E-state index contributed by atoms with van der Waals surface area (Å²) in [6, 6.07) is 1.05. The van der Waals surface area contributed by atoms with E-state index in [1.165, 1.54) is 24.3 Å². The van der Waals surface area contributed by atoms with Gasteiger partial charge in [-0.2, -0.15) is 25.3 Å². The number of unbranched alkanes of at least 4 members (excludes halogenated alkanes) is 1. The van der Waals surface area contributed by atoms with E-state index in [-0.39, 0.29) is 62.5 Å². The molecule has 96 heavy (non-hydrogen) atoms. The molecule has 0 unspecified atom stereocenters. The van der Waals surface area contributed by atoms with Gasteiger partial charge in [0.05, 0.1) is 25.6 Å². The predicted molar refractivity (Wildman–Crippen MR) is 360 cm³/mol. The Balaban J connectivity index is 1.30. The third-order valence-electron chi connectivity index (χ3n) is 16.0. The maximum absolute atomic E-state index is 14.6. The lowest BCUT2D eigenvalue weighted by Crippen LogP contribution is -2.62. The first-order chi connectivity index (χ1) is 45.7. The van der Waals surface area contributed by atoms with Crippen LogP contribution in [0, 0.1) is 11.8 Å². The molecule has 2 aromatic heterocycles. The van der Waals surface area contributed by atoms with Gasteiger partial charge in [0, 0.05) is 66.3 Å². The second-order valence-corrected chi connectivity index (χ2v) is 25.1. The minimum Gasteiger partial charge on any atom is -0.394 e. The fourth-order valence-electron chi connectivity index (χ4n) is 10.6. The Morgan fingerprint density at radius 1 is 0.635 bits per heavy atom. The van der Waals surface area contributed by atoms with Crippen molar-refractivity contribution in [3.63, 3.8) is 0 Å². The molecule has 1 saturated heterocycles. The Bertz CT molecular complexity index is 3280. The molecule has 0 spiro atoms. The number of primary amides is 1. The number of aromatic nitrogens is 3. The van der Waals surface area contributed by atoms with Gasteiger partial charge in [0.1, 0.15) is 66.5 Å². The molecule has 1 aliphatic rings. The largest absolute Gasteiger partial charge is 0.394 e. The van der Waals surface area contributed by atoms with Gasteiger partial charge < -0.3 is 95.4 Å². The number of nitrogens with two attached hydrogens (primary N) is 3. The number of carbonyl (C=O) groups is 12. The number of benzene rings is 2. The highest BCUT2D eigenvalue weighted by atomic mass is 32.1. The molecule has 2 aromatic carbocycles. The van der Waals surface area contributed by atoms with Crippen molar-refractivity contribution in [2.24, 2.45) is 29.0 Å². The number of imidazole rings is 1. The van der Waals surface area contributed by atoms with E-state index in [4.69, 9.17) is 17.2 Å². The van der Waals surface area contributed by atoms with E-state index in [1.807, 2.05) is 0 Å². The van der Waals surface area contributed by atoms with Crippen LogP contribution in [0.2, 0.25) is 0 Å². The van der Waals surface area contributed by atoms with E-state index in [1.54, 1.807) is 88.5 Å². The van der Waals surface area contributed by atoms with E-state index in [0.29, 0.717) is 53.5 Å². The monoisotopic (exact) mass is 1380 g/mol. The Labute approximate surface area is 567 Å². The molecular formula is C63H93N17O14S2. The molecule has 20 N–H and O–H groups in total. The number of likely N-dealkylation sites (tertiary alicyclic amines) is 1. The number of aromatic amines is 2. The van der Waals surface area contributed by atoms with E-state index < -0.39 is 163 Å². The number of aliphatic hydroxyl groups is 2. The number of rotatable bonds is 39. The number of hydrogen-bond acceptors (Lipinski definition) is 19. The summed E-state index contributed by atoms with van der Waals surface area (Å²) in [6.45, 7) is 7.15. The average Bonchev–Trinajstić information content (AvgIpc) is 2.00. The Morgan fingerprint density at radius 2 is 1.19 bits per heavy atom. The molecule has 31 nitrogen and oxygen atoms in total. The van der Waals surface area contributed by atoms with Crippen molar-refractivity contribution in [2.75, 3.05) is 37.7 Å². The highest BCUT2D eigenvalue weighted by Gasteiger charge is 2.40. The molecule has 12 amide bonds. The Kier molecular flexibility index (Phi) is 31.6. The highest BCUT2D eigenvalue weighted by Crippen LogP contribution is 2.22. The number of nitrogens with one attached hydrogen (secondary N) is 12. The SMILES string of the molecule is CC(C)C[C@H](NC(=O)[C@@H]1CCCN1C(=O)CNC(=O)[C@H](Cc1ccccc1)NC(=O)[C@H](Cc1cnc[nH]1)NC(=O)[C@H](CS)NC(=O)[C@@H](N)CO)C(=O)N[C@H](C(=O)N[C@@H](Cc1c[nH]c2ccccc12)C(=O)N[C@H](C(=O)N[C@@H](CS)C(=O)N[C@@H](CCCCN)C(N)=O)C(C)C)[C@@H](C)O. The maximum Gasteiger partial charge on any atom is 0.245 e. The zero-order valence-electron chi connectivity index (χ0n) is 54.4. The topological polar surface area (TPSA) is 491 Å². The summed E-state index contributed by atoms with van der Waals surface area (Å²) in [7, 11) is 0. The molecule has 4 aromatic rings. The molecule has 1 aliphatic heterocycles. The van der Waals surface area contributed by atoms with Crippen molar-refractivity contribution in [3.8, 4) is 0 Å². The lowest BCUT2D eigenvalue weighted by molar-refractivity contribution is -0.140. The van der Waals surface area contributed by atoms with Gasteiger partial charge in [-0.1, -0.05) is 76.2 Å². The molecule has 0 bridgehead atoms. The van der Waals surface area contributed by atoms with Gasteiger partial charge in [0.2, 0.25) is 70.9 Å². The molecule has 3 heterocycles. The number of aliphatic hydroxyl groups excluding tert-OH is 2. The number of hydrogen-bond donors (Lipinski definition) is 19. The van der Waals surface area contributed by atoms with Gasteiger partial charge >= 0.3 is 0 Å². The number of thiol groups is 2. The first-order valence-corrected chi connectivity index (χ1v) is 33.1. The molecule has 0 aliphatic carbocycles. The van der Waals surface area contributed by atoms with Crippen LogP contribution in [-0.4, -0.2) is 211 Å². The van der Waals surface area contributed by atoms with Gasteiger partial charge in [-0.15, -0.1) is 0 Å². The molecule has 1 fully saturated rings. The van der Waals surface area contributed by atoms with Crippen LogP contribution in [0.25, 0.3) is 10.9 Å². The van der Waals surface area contributed by atoms with Gasteiger partial charge in [-0.25, -0.2) is 4.98 Å². The van der Waals surface area contributed by atoms with Gasteiger partial charge in [-0.3, -0.25) is 57.5 Å². The minimum absolute atomic E-state index is 0.00949. The smallest absolute Gasteiger partial charge is 0.245 e. The third kappa shape index (κ3) is 23.6. The van der Waals surface area contributed by atoms with Crippen LogP contribution in [0.1, 0.15) is 90.0 Å². The molecular weight excluding hydrogens is 1280 g/mol. The van der Waals surface area contributed by atoms with Crippen LogP contribution >= 0.6 is 25.3 Å². The van der Waals surface area contributed by atoms with Crippen LogP contribution in [-0.2, 0) is 76.8 Å². The Morgan fingerprint density at radius 3 is 1.78 bits per heavy atom. The van der Waals surface area contributed by atoms with Crippen LogP contribution in [0.4, 0.5) is 0 Å². The number of H-pyrrole nitrogens is 2. The van der Waals surface area contributed by atoms with Crippen LogP contribution in [0.5, 0.6) is 0 Å². The fraction of sp³-hybridized carbons (Fsp3) is 0.540. The molecule has 0 radical (unpaired) electrons. The number of amides is 12. The van der Waals surface area contributed by atoms with Gasteiger partial charge in [-0.05, 0) is 81.0 Å². The van der Waals surface area contributed by atoms with Crippen LogP contribution in [0.15, 0.2) is 73.3 Å². The molecule has 12 atom stereocenters. The lowest BCUT2D eigenvalue weighted by Gasteiger charge is -2.30. The number of nitrogens with zero attached hydrogens (tertiary/aromatic N) is 2. The zero-order valence-corrected chi connectivity index (χ0v) is 56.2. The second kappa shape index (κ2) is 38.8. The predicted octanol–water partition coefficient (Wildman–Crippen LogP) is -3.73. The quantitative estimate of drug-likeness (QED) is 0.0151. The van der Waals surface area contributed by atoms with E-state index in [0.717, 1.165) is 0 Å². The minimum atomic E-state index is -1.74. The third-order valence-corrected chi connectivity index (χ3v) is 16.7. The first kappa shape index (κ1) is 78.1. The molecule has 0 saturated carbocycles. The second-order valence-electron chi connectivity index (χ2n) is 24.4. The molecule has 5 rings (SSSR count). The summed E-state index contributed by atoms with van der Waals surface area (Å²) < 4.78 is 0. The van der Waals surface area contributed by atoms with Gasteiger partial charge in [0.25, 0.3) is 0 Å². The van der Waals surface area contributed by atoms with Crippen LogP contribution < -0.4 is 70.4 Å². The summed E-state index contributed by atoms with van der Waals surface area (Å²) in [5.41, 5.74) is 19.1. The van der Waals surface area contributed by atoms with Crippen molar-refractivity contribution in [1.82, 2.24) is 73.0 Å². The zero-order chi connectivity index (χ0) is 70.8. The van der Waals surface area contributed by atoms with Crippen molar-refractivity contribution in [2.45, 2.75) is 165 Å². The van der Waals surface area contributed by atoms with Crippen molar-refractivity contribution in [1.29, 1.82) is 0 Å². The van der Waals surface area contributed by atoms with E-state index in [2.05, 4.69) is 93.4 Å². The normalized spacial score (nSPS) is 16.4. The average molecular weight is 1380 g/mol. The van der Waals surface area contributed by atoms with Crippen molar-refractivity contribution >= 4 is 107 Å². The highest BCUT2D eigenvalue weighted by molar-refractivity contribution is 7.80. The number of fused-ring (bicyclic) bond motifs is 1. The van der Waals surface area contributed by atoms with Crippen molar-refractivity contribution < 1.29 is 67.7 Å².